The van der Waals surface area contributed by atoms with E-state index in [1.54, 1.807) is 36.4 Å². The SMILES string of the molecule is O=C1c2ccccc2N[C@H](c2cccc([N+](=O)[O-])c2)N1c1ccc(F)cc1. The van der Waals surface area contributed by atoms with E-state index in [0.717, 1.165) is 0 Å². The Morgan fingerprint density at radius 1 is 1.00 bits per heavy atom. The number of carbonyl (C=O) groups is 1. The van der Waals surface area contributed by atoms with E-state index in [1.165, 1.54) is 41.3 Å². The molecule has 1 aliphatic heterocycles. The molecule has 0 radical (unpaired) electrons. The third kappa shape index (κ3) is 2.99. The quantitative estimate of drug-likeness (QED) is 0.549. The molecular weight excluding hydrogens is 349 g/mol. The second kappa shape index (κ2) is 6.53. The number of non-ortho nitro benzene ring substituents is 1. The second-order valence-corrected chi connectivity index (χ2v) is 6.10. The van der Waals surface area contributed by atoms with Gasteiger partial charge in [0.15, 0.2) is 0 Å². The molecule has 1 amide bonds. The van der Waals surface area contributed by atoms with Crippen molar-refractivity contribution < 1.29 is 14.1 Å². The average Bonchev–Trinajstić information content (AvgIpc) is 2.69. The highest BCUT2D eigenvalue weighted by molar-refractivity contribution is 6.12. The van der Waals surface area contributed by atoms with Crippen molar-refractivity contribution in [2.75, 3.05) is 10.2 Å². The average molecular weight is 363 g/mol. The molecule has 1 atom stereocenters. The first-order valence-electron chi connectivity index (χ1n) is 8.23. The minimum absolute atomic E-state index is 0.0698. The highest BCUT2D eigenvalue weighted by atomic mass is 19.1. The van der Waals surface area contributed by atoms with Crippen LogP contribution in [0.5, 0.6) is 0 Å². The summed E-state index contributed by atoms with van der Waals surface area (Å²) in [4.78, 5) is 25.3. The van der Waals surface area contributed by atoms with E-state index in [2.05, 4.69) is 5.32 Å². The van der Waals surface area contributed by atoms with Crippen LogP contribution in [0.4, 0.5) is 21.5 Å². The number of benzene rings is 3. The number of halogens is 1. The second-order valence-electron chi connectivity index (χ2n) is 6.10. The van der Waals surface area contributed by atoms with Crippen LogP contribution in [-0.4, -0.2) is 10.8 Å². The number of hydrogen-bond acceptors (Lipinski definition) is 4. The molecule has 1 aliphatic rings. The van der Waals surface area contributed by atoms with E-state index in [4.69, 9.17) is 0 Å². The summed E-state index contributed by atoms with van der Waals surface area (Å²) in [5.74, 6) is -0.684. The topological polar surface area (TPSA) is 75.5 Å². The number of para-hydroxylation sites is 1. The summed E-state index contributed by atoms with van der Waals surface area (Å²) in [7, 11) is 0. The predicted octanol–water partition coefficient (Wildman–Crippen LogP) is 4.51. The number of anilines is 2. The molecule has 0 unspecified atom stereocenters. The highest BCUT2D eigenvalue weighted by Crippen LogP contribution is 2.37. The maximum Gasteiger partial charge on any atom is 0.269 e. The largest absolute Gasteiger partial charge is 0.360 e. The van der Waals surface area contributed by atoms with Crippen molar-refractivity contribution in [3.05, 3.63) is 99.9 Å². The van der Waals surface area contributed by atoms with Gasteiger partial charge in [-0.3, -0.25) is 19.8 Å². The van der Waals surface area contributed by atoms with Crippen molar-refractivity contribution in [2.24, 2.45) is 0 Å². The highest BCUT2D eigenvalue weighted by Gasteiger charge is 2.34. The van der Waals surface area contributed by atoms with E-state index >= 15 is 0 Å². The Morgan fingerprint density at radius 2 is 1.74 bits per heavy atom. The van der Waals surface area contributed by atoms with Crippen molar-refractivity contribution in [1.29, 1.82) is 0 Å². The van der Waals surface area contributed by atoms with Crippen LogP contribution in [0.25, 0.3) is 0 Å². The lowest BCUT2D eigenvalue weighted by molar-refractivity contribution is -0.384. The Hall–Kier alpha value is -3.74. The molecule has 6 nitrogen and oxygen atoms in total. The van der Waals surface area contributed by atoms with E-state index in [-0.39, 0.29) is 11.6 Å². The molecule has 0 aliphatic carbocycles. The summed E-state index contributed by atoms with van der Waals surface area (Å²) in [6.45, 7) is 0. The number of nitrogens with zero attached hydrogens (tertiary/aromatic N) is 2. The molecule has 0 bridgehead atoms. The van der Waals surface area contributed by atoms with Gasteiger partial charge < -0.3 is 5.32 Å². The molecule has 3 aromatic rings. The summed E-state index contributed by atoms with van der Waals surface area (Å²) in [5, 5.41) is 14.4. The summed E-state index contributed by atoms with van der Waals surface area (Å²) < 4.78 is 13.4. The van der Waals surface area contributed by atoms with Gasteiger partial charge in [-0.05, 0) is 36.4 Å². The molecule has 0 spiro atoms. The van der Waals surface area contributed by atoms with Crippen molar-refractivity contribution in [1.82, 2.24) is 0 Å². The summed E-state index contributed by atoms with van der Waals surface area (Å²) in [6, 6.07) is 18.7. The monoisotopic (exact) mass is 363 g/mol. The van der Waals surface area contributed by atoms with E-state index in [1.807, 2.05) is 0 Å². The Bertz CT molecular complexity index is 1040. The van der Waals surface area contributed by atoms with Crippen molar-refractivity contribution in [3.63, 3.8) is 0 Å². The van der Waals surface area contributed by atoms with Crippen molar-refractivity contribution >= 4 is 23.0 Å². The molecule has 1 heterocycles. The number of rotatable bonds is 3. The molecule has 0 fully saturated rings. The zero-order valence-corrected chi connectivity index (χ0v) is 14.0. The Morgan fingerprint density at radius 3 is 2.48 bits per heavy atom. The third-order valence-electron chi connectivity index (χ3n) is 4.43. The van der Waals surface area contributed by atoms with Crippen molar-refractivity contribution in [2.45, 2.75) is 6.17 Å². The van der Waals surface area contributed by atoms with Crippen LogP contribution in [0.15, 0.2) is 72.8 Å². The van der Waals surface area contributed by atoms with Crippen molar-refractivity contribution in [3.8, 4) is 0 Å². The first-order chi connectivity index (χ1) is 13.0. The van der Waals surface area contributed by atoms with Gasteiger partial charge in [-0.25, -0.2) is 4.39 Å². The van der Waals surface area contributed by atoms with Gasteiger partial charge in [0, 0.05) is 29.1 Å². The molecule has 0 saturated heterocycles. The normalized spacial score (nSPS) is 15.8. The van der Waals surface area contributed by atoms with E-state index < -0.39 is 16.9 Å². The Labute approximate surface area is 154 Å². The lowest BCUT2D eigenvalue weighted by Crippen LogP contribution is -2.43. The minimum atomic E-state index is -0.669. The summed E-state index contributed by atoms with van der Waals surface area (Å²) in [6.07, 6.45) is -0.669. The van der Waals surface area contributed by atoms with Gasteiger partial charge in [0.25, 0.3) is 11.6 Å². The van der Waals surface area contributed by atoms with Gasteiger partial charge in [-0.15, -0.1) is 0 Å². The van der Waals surface area contributed by atoms with Crippen LogP contribution >= 0.6 is 0 Å². The van der Waals surface area contributed by atoms with Gasteiger partial charge >= 0.3 is 0 Å². The summed E-state index contributed by atoms with van der Waals surface area (Å²) >= 11 is 0. The van der Waals surface area contributed by atoms with Gasteiger partial charge in [0.05, 0.1) is 10.5 Å². The summed E-state index contributed by atoms with van der Waals surface area (Å²) in [5.41, 5.74) is 2.08. The fourth-order valence-electron chi connectivity index (χ4n) is 3.16. The number of fused-ring (bicyclic) bond motifs is 1. The number of amides is 1. The Balaban J connectivity index is 1.86. The molecule has 27 heavy (non-hydrogen) atoms. The van der Waals surface area contributed by atoms with Crippen LogP contribution in [0.1, 0.15) is 22.1 Å². The maximum absolute atomic E-state index is 13.4. The van der Waals surface area contributed by atoms with Gasteiger partial charge in [0.2, 0.25) is 0 Å². The fourth-order valence-corrected chi connectivity index (χ4v) is 3.16. The third-order valence-corrected chi connectivity index (χ3v) is 4.43. The molecule has 1 N–H and O–H groups in total. The predicted molar refractivity (Wildman–Crippen MR) is 99.1 cm³/mol. The Kier molecular flexibility index (Phi) is 4.04. The van der Waals surface area contributed by atoms with Crippen LogP contribution in [-0.2, 0) is 0 Å². The van der Waals surface area contributed by atoms with Crippen LogP contribution < -0.4 is 10.2 Å². The standard InChI is InChI=1S/C20H14FN3O3/c21-14-8-10-15(11-9-14)23-19(13-4-3-5-16(12-13)24(26)27)22-18-7-2-1-6-17(18)20(23)25/h1-12,19,22H/t19-/m0/s1. The maximum atomic E-state index is 13.4. The molecule has 0 saturated carbocycles. The molecule has 0 aromatic heterocycles. The molecule has 4 rings (SSSR count). The van der Waals surface area contributed by atoms with Crippen LogP contribution in [0.2, 0.25) is 0 Å². The van der Waals surface area contributed by atoms with E-state index in [9.17, 15) is 19.3 Å². The van der Waals surface area contributed by atoms with E-state index in [0.29, 0.717) is 22.5 Å². The number of carbonyl (C=O) groups excluding carboxylic acids is 1. The number of nitro benzene ring substituents is 1. The lowest BCUT2D eigenvalue weighted by atomic mass is 10.0. The molecule has 7 heteroatoms. The number of nitrogens with one attached hydrogen (secondary N) is 1. The first-order valence-corrected chi connectivity index (χ1v) is 8.23. The molecule has 134 valence electrons. The van der Waals surface area contributed by atoms with Crippen LogP contribution in [0.3, 0.4) is 0 Å². The van der Waals surface area contributed by atoms with Gasteiger partial charge in [-0.2, -0.15) is 0 Å². The van der Waals surface area contributed by atoms with Gasteiger partial charge in [-0.1, -0.05) is 24.3 Å². The zero-order chi connectivity index (χ0) is 19.0. The smallest absolute Gasteiger partial charge is 0.269 e. The molecule has 3 aromatic carbocycles. The fraction of sp³-hybridized carbons (Fsp3) is 0.0500. The number of nitro groups is 1. The van der Waals surface area contributed by atoms with Gasteiger partial charge in [0.1, 0.15) is 12.0 Å². The van der Waals surface area contributed by atoms with Crippen LogP contribution in [0, 0.1) is 15.9 Å². The lowest BCUT2D eigenvalue weighted by Gasteiger charge is -2.38. The molecular formula is C20H14FN3O3. The first kappa shape index (κ1) is 16.7. The minimum Gasteiger partial charge on any atom is -0.360 e. The number of hydrogen-bond donors (Lipinski definition) is 1. The zero-order valence-electron chi connectivity index (χ0n) is 14.0.